The molecule has 0 aliphatic carbocycles. The molecular weight excluding hydrogens is 366 g/mol. The predicted molar refractivity (Wildman–Crippen MR) is 100 cm³/mol. The van der Waals surface area contributed by atoms with Crippen molar-refractivity contribution in [2.45, 2.75) is 44.6 Å². The molecule has 1 atom stereocenters. The number of rotatable bonds is 6. The first kappa shape index (κ1) is 19.6. The summed E-state index contributed by atoms with van der Waals surface area (Å²) in [6.45, 7) is 4.72. The lowest BCUT2D eigenvalue weighted by Gasteiger charge is -2.21. The number of likely N-dealkylation sites (tertiary alicyclic amines) is 1. The van der Waals surface area contributed by atoms with Gasteiger partial charge in [-0.15, -0.1) is 0 Å². The Morgan fingerprint density at radius 3 is 2.63 bits per heavy atom. The third-order valence-corrected chi connectivity index (χ3v) is 6.61. The summed E-state index contributed by atoms with van der Waals surface area (Å²) < 4.78 is 32.7. The summed E-state index contributed by atoms with van der Waals surface area (Å²) in [6, 6.07) is 9.89. The maximum Gasteiger partial charge on any atom is 0.245 e. The van der Waals surface area contributed by atoms with Gasteiger partial charge >= 0.3 is 0 Å². The van der Waals surface area contributed by atoms with Crippen LogP contribution < -0.4 is 4.72 Å². The molecule has 1 N–H and O–H groups in total. The first-order chi connectivity index (χ1) is 12.9. The Hall–Kier alpha value is -2.19. The zero-order chi connectivity index (χ0) is 19.4. The SMILES string of the molecule is Cc1noc(C)c1S(=O)(=O)NCC1CCC(=O)N(Cc2ccccc2)CC1. The van der Waals surface area contributed by atoms with Crippen molar-refractivity contribution in [3.05, 3.63) is 47.3 Å². The topological polar surface area (TPSA) is 92.5 Å². The second kappa shape index (κ2) is 8.22. The second-order valence-corrected chi connectivity index (χ2v) is 8.70. The fraction of sp³-hybridized carbons (Fsp3) is 0.474. The Kier molecular flexibility index (Phi) is 5.96. The molecule has 1 aliphatic heterocycles. The summed E-state index contributed by atoms with van der Waals surface area (Å²) in [5.41, 5.74) is 1.45. The molecule has 1 unspecified atom stereocenters. The standard InChI is InChI=1S/C19H25N3O4S/c1-14-19(15(2)26-21-14)27(24,25)20-12-16-8-9-18(23)22(11-10-16)13-17-6-4-3-5-7-17/h3-7,16,20H,8-13H2,1-2H3. The van der Waals surface area contributed by atoms with Crippen molar-refractivity contribution in [2.24, 2.45) is 5.92 Å². The third kappa shape index (κ3) is 4.75. The van der Waals surface area contributed by atoms with Gasteiger partial charge in [0.25, 0.3) is 0 Å². The zero-order valence-electron chi connectivity index (χ0n) is 15.6. The number of hydrogen-bond acceptors (Lipinski definition) is 5. The molecule has 27 heavy (non-hydrogen) atoms. The van der Waals surface area contributed by atoms with Gasteiger partial charge < -0.3 is 9.42 Å². The molecule has 1 fully saturated rings. The van der Waals surface area contributed by atoms with Gasteiger partial charge in [0.05, 0.1) is 0 Å². The van der Waals surface area contributed by atoms with Crippen LogP contribution in [-0.2, 0) is 21.4 Å². The lowest BCUT2D eigenvalue weighted by molar-refractivity contribution is -0.131. The molecule has 1 aromatic heterocycles. The molecule has 0 saturated carbocycles. The van der Waals surface area contributed by atoms with E-state index in [4.69, 9.17) is 4.52 Å². The number of aromatic nitrogens is 1. The molecule has 1 saturated heterocycles. The lowest BCUT2D eigenvalue weighted by Crippen LogP contribution is -2.31. The average Bonchev–Trinajstić information content (AvgIpc) is 2.89. The van der Waals surface area contributed by atoms with Crippen molar-refractivity contribution in [3.8, 4) is 0 Å². The van der Waals surface area contributed by atoms with Crippen LogP contribution in [0.2, 0.25) is 0 Å². The first-order valence-corrected chi connectivity index (χ1v) is 10.6. The third-order valence-electron chi connectivity index (χ3n) is 4.94. The highest BCUT2D eigenvalue weighted by atomic mass is 32.2. The number of aryl methyl sites for hydroxylation is 2. The fourth-order valence-electron chi connectivity index (χ4n) is 3.43. The highest BCUT2D eigenvalue weighted by molar-refractivity contribution is 7.89. The number of nitrogens with zero attached hydrogens (tertiary/aromatic N) is 2. The van der Waals surface area contributed by atoms with Crippen LogP contribution in [0.1, 0.15) is 36.3 Å². The van der Waals surface area contributed by atoms with E-state index < -0.39 is 10.0 Å². The van der Waals surface area contributed by atoms with Gasteiger partial charge in [-0.2, -0.15) is 0 Å². The van der Waals surface area contributed by atoms with Gasteiger partial charge in [-0.25, -0.2) is 13.1 Å². The molecular formula is C19H25N3O4S. The van der Waals surface area contributed by atoms with Crippen molar-refractivity contribution < 1.29 is 17.7 Å². The number of carbonyl (C=O) groups excluding carboxylic acids is 1. The molecule has 3 rings (SSSR count). The van der Waals surface area contributed by atoms with Crippen molar-refractivity contribution in [1.29, 1.82) is 0 Å². The Morgan fingerprint density at radius 2 is 1.96 bits per heavy atom. The van der Waals surface area contributed by atoms with Crippen molar-refractivity contribution in [2.75, 3.05) is 13.1 Å². The van der Waals surface area contributed by atoms with E-state index in [1.165, 1.54) is 0 Å². The quantitative estimate of drug-likeness (QED) is 0.816. The molecule has 2 heterocycles. The van der Waals surface area contributed by atoms with Gasteiger partial charge in [0.15, 0.2) is 5.76 Å². The number of carbonyl (C=O) groups is 1. The number of nitrogens with one attached hydrogen (secondary N) is 1. The number of amides is 1. The van der Waals surface area contributed by atoms with E-state index in [9.17, 15) is 13.2 Å². The second-order valence-electron chi connectivity index (χ2n) is 7.00. The van der Waals surface area contributed by atoms with Crippen LogP contribution in [0.4, 0.5) is 0 Å². The van der Waals surface area contributed by atoms with E-state index in [1.54, 1.807) is 13.8 Å². The molecule has 2 aromatic rings. The number of sulfonamides is 1. The van der Waals surface area contributed by atoms with Gasteiger partial charge in [-0.05, 0) is 38.2 Å². The Bertz CT molecular complexity index is 873. The fourth-order valence-corrected chi connectivity index (χ4v) is 4.87. The van der Waals surface area contributed by atoms with Crippen LogP contribution in [0.15, 0.2) is 39.8 Å². The Balaban J connectivity index is 1.59. The maximum absolute atomic E-state index is 12.5. The normalized spacial score (nSPS) is 18.5. The highest BCUT2D eigenvalue weighted by Gasteiger charge is 2.27. The van der Waals surface area contributed by atoms with Crippen LogP contribution in [-0.4, -0.2) is 37.5 Å². The van der Waals surface area contributed by atoms with Crippen LogP contribution in [0.25, 0.3) is 0 Å². The molecule has 8 heteroatoms. The summed E-state index contributed by atoms with van der Waals surface area (Å²) in [6.07, 6.45) is 1.88. The molecule has 1 amide bonds. The van der Waals surface area contributed by atoms with E-state index in [1.807, 2.05) is 35.2 Å². The van der Waals surface area contributed by atoms with Crippen LogP contribution in [0.5, 0.6) is 0 Å². The van der Waals surface area contributed by atoms with Gasteiger partial charge in [0.2, 0.25) is 15.9 Å². The molecule has 7 nitrogen and oxygen atoms in total. The largest absolute Gasteiger partial charge is 0.360 e. The van der Waals surface area contributed by atoms with E-state index >= 15 is 0 Å². The van der Waals surface area contributed by atoms with Gasteiger partial charge in [-0.1, -0.05) is 35.5 Å². The predicted octanol–water partition coefficient (Wildman–Crippen LogP) is 2.40. The average molecular weight is 391 g/mol. The van der Waals surface area contributed by atoms with Crippen LogP contribution in [0.3, 0.4) is 0 Å². The van der Waals surface area contributed by atoms with E-state index in [2.05, 4.69) is 9.88 Å². The summed E-state index contributed by atoms with van der Waals surface area (Å²) >= 11 is 0. The molecule has 146 valence electrons. The van der Waals surface area contributed by atoms with Crippen LogP contribution in [0, 0.1) is 19.8 Å². The molecule has 1 aromatic carbocycles. The minimum Gasteiger partial charge on any atom is -0.360 e. The Labute approximate surface area is 159 Å². The maximum atomic E-state index is 12.5. The first-order valence-electron chi connectivity index (χ1n) is 9.11. The number of hydrogen-bond donors (Lipinski definition) is 1. The molecule has 0 radical (unpaired) electrons. The van der Waals surface area contributed by atoms with Crippen LogP contribution >= 0.6 is 0 Å². The van der Waals surface area contributed by atoms with Crippen molar-refractivity contribution >= 4 is 15.9 Å². The van der Waals surface area contributed by atoms with Gasteiger partial charge in [-0.3, -0.25) is 4.79 Å². The lowest BCUT2D eigenvalue weighted by atomic mass is 10.0. The van der Waals surface area contributed by atoms with Crippen molar-refractivity contribution in [3.63, 3.8) is 0 Å². The molecule has 0 bridgehead atoms. The summed E-state index contributed by atoms with van der Waals surface area (Å²) in [5.74, 6) is 0.519. The monoisotopic (exact) mass is 391 g/mol. The minimum atomic E-state index is -3.67. The van der Waals surface area contributed by atoms with Gasteiger partial charge in [0, 0.05) is 26.1 Å². The summed E-state index contributed by atoms with van der Waals surface area (Å²) in [4.78, 5) is 14.4. The Morgan fingerprint density at radius 1 is 1.22 bits per heavy atom. The molecule has 0 spiro atoms. The zero-order valence-corrected chi connectivity index (χ0v) is 16.5. The number of benzene rings is 1. The highest BCUT2D eigenvalue weighted by Crippen LogP contribution is 2.22. The van der Waals surface area contributed by atoms with Crippen molar-refractivity contribution in [1.82, 2.24) is 14.8 Å². The smallest absolute Gasteiger partial charge is 0.245 e. The molecule has 1 aliphatic rings. The van der Waals surface area contributed by atoms with E-state index in [-0.39, 0.29) is 22.5 Å². The summed E-state index contributed by atoms with van der Waals surface area (Å²) in [5, 5.41) is 3.71. The van der Waals surface area contributed by atoms with E-state index in [0.29, 0.717) is 38.2 Å². The summed E-state index contributed by atoms with van der Waals surface area (Å²) in [7, 11) is -3.67. The van der Waals surface area contributed by atoms with E-state index in [0.717, 1.165) is 12.0 Å². The van der Waals surface area contributed by atoms with Gasteiger partial charge in [0.1, 0.15) is 10.6 Å². The minimum absolute atomic E-state index is 0.109.